The van der Waals surface area contributed by atoms with E-state index in [1.54, 1.807) is 0 Å². The Labute approximate surface area is 92.1 Å². The third kappa shape index (κ3) is 2.12. The maximum absolute atomic E-state index is 11.4. The number of alkyl halides is 2. The van der Waals surface area contributed by atoms with E-state index < -0.39 is 16.8 Å². The minimum absolute atomic E-state index is 0.123. The summed E-state index contributed by atoms with van der Waals surface area (Å²) in [5, 5.41) is 0. The molecule has 0 bridgehead atoms. The highest BCUT2D eigenvalue weighted by atomic mass is 35.5. The molecule has 1 atom stereocenters. The number of nitrogens with zero attached hydrogens (tertiary/aromatic N) is 1. The Hall–Kier alpha value is -0.480. The maximum Gasteiger partial charge on any atom is 0.417 e. The molecule has 1 saturated heterocycles. The molecule has 0 aromatic carbocycles. The van der Waals surface area contributed by atoms with Gasteiger partial charge in [-0.3, -0.25) is 4.79 Å². The van der Waals surface area contributed by atoms with Crippen LogP contribution in [0.15, 0.2) is 0 Å². The molecule has 0 aliphatic carbocycles. The molecule has 0 saturated carbocycles. The van der Waals surface area contributed by atoms with Crippen molar-refractivity contribution >= 4 is 35.2 Å². The van der Waals surface area contributed by atoms with Crippen LogP contribution in [0.5, 0.6) is 0 Å². The molecule has 0 spiro atoms. The van der Waals surface area contributed by atoms with Gasteiger partial charge >= 0.3 is 6.09 Å². The van der Waals surface area contributed by atoms with Gasteiger partial charge < -0.3 is 4.74 Å². The zero-order valence-electron chi connectivity index (χ0n) is 7.87. The number of imide groups is 1. The molecular formula is C8H11Cl2NO3. The van der Waals surface area contributed by atoms with Crippen molar-refractivity contribution in [2.45, 2.75) is 24.7 Å². The van der Waals surface area contributed by atoms with Gasteiger partial charge in [0.05, 0.1) is 6.04 Å². The van der Waals surface area contributed by atoms with Crippen molar-refractivity contribution in [1.29, 1.82) is 0 Å². The van der Waals surface area contributed by atoms with E-state index >= 15 is 0 Å². The summed E-state index contributed by atoms with van der Waals surface area (Å²) in [6, 6.07) is -0.269. The molecule has 1 heterocycles. The Kier molecular flexibility index (Phi) is 3.61. The Bertz CT molecular complexity index is 255. The first kappa shape index (κ1) is 11.6. The van der Waals surface area contributed by atoms with Crippen LogP contribution in [0.3, 0.4) is 0 Å². The SMILES string of the molecule is CC(C)[C@H]1COC(=O)N1C(=O)C(Cl)Cl. The summed E-state index contributed by atoms with van der Waals surface area (Å²) >= 11 is 10.8. The van der Waals surface area contributed by atoms with Crippen molar-refractivity contribution in [3.63, 3.8) is 0 Å². The maximum atomic E-state index is 11.4. The van der Waals surface area contributed by atoms with E-state index in [1.807, 2.05) is 13.8 Å². The molecule has 1 aliphatic heterocycles. The largest absolute Gasteiger partial charge is 0.447 e. The lowest BCUT2D eigenvalue weighted by Gasteiger charge is -2.22. The molecule has 80 valence electrons. The number of ether oxygens (including phenoxy) is 1. The third-order valence-corrected chi connectivity index (χ3v) is 2.47. The second kappa shape index (κ2) is 4.36. The van der Waals surface area contributed by atoms with Gasteiger partial charge in [-0.05, 0) is 5.92 Å². The molecule has 6 heteroatoms. The second-order valence-corrected chi connectivity index (χ2v) is 4.49. The molecule has 0 aromatic heterocycles. The molecular weight excluding hydrogens is 229 g/mol. The van der Waals surface area contributed by atoms with Gasteiger partial charge in [-0.15, -0.1) is 0 Å². The Morgan fingerprint density at radius 1 is 1.57 bits per heavy atom. The van der Waals surface area contributed by atoms with Gasteiger partial charge in [0.1, 0.15) is 6.61 Å². The number of hydrogen-bond acceptors (Lipinski definition) is 3. The number of carbonyl (C=O) groups is 2. The molecule has 1 aliphatic rings. The predicted molar refractivity (Wildman–Crippen MR) is 52.3 cm³/mol. The van der Waals surface area contributed by atoms with Gasteiger partial charge in [-0.1, -0.05) is 37.0 Å². The average Bonchev–Trinajstić information content (AvgIpc) is 2.45. The van der Waals surface area contributed by atoms with E-state index in [9.17, 15) is 9.59 Å². The molecule has 1 rings (SSSR count). The summed E-state index contributed by atoms with van der Waals surface area (Å²) in [5.74, 6) is -0.494. The van der Waals surface area contributed by atoms with Gasteiger partial charge in [0.15, 0.2) is 4.84 Å². The molecule has 2 amide bonds. The zero-order valence-corrected chi connectivity index (χ0v) is 9.38. The first-order valence-electron chi connectivity index (χ1n) is 4.23. The van der Waals surface area contributed by atoms with Crippen LogP contribution in [0.2, 0.25) is 0 Å². The lowest BCUT2D eigenvalue weighted by molar-refractivity contribution is -0.127. The summed E-state index contributed by atoms with van der Waals surface area (Å²) in [7, 11) is 0. The number of rotatable bonds is 2. The summed E-state index contributed by atoms with van der Waals surface area (Å²) in [4.78, 5) is 22.4. The quantitative estimate of drug-likeness (QED) is 0.691. The third-order valence-electron chi connectivity index (χ3n) is 2.10. The topological polar surface area (TPSA) is 46.6 Å². The number of cyclic esters (lactones) is 1. The first-order chi connectivity index (χ1) is 6.45. The number of carbonyl (C=O) groups excluding carboxylic acids is 2. The lowest BCUT2D eigenvalue weighted by atomic mass is 10.0. The lowest BCUT2D eigenvalue weighted by Crippen LogP contribution is -2.44. The van der Waals surface area contributed by atoms with Crippen molar-refractivity contribution in [3.05, 3.63) is 0 Å². The van der Waals surface area contributed by atoms with Gasteiger partial charge in [-0.2, -0.15) is 0 Å². The number of halogens is 2. The van der Waals surface area contributed by atoms with Crippen molar-refractivity contribution in [3.8, 4) is 0 Å². The van der Waals surface area contributed by atoms with Crippen LogP contribution in [0, 0.1) is 5.92 Å². The average molecular weight is 240 g/mol. The Morgan fingerprint density at radius 3 is 2.57 bits per heavy atom. The standard InChI is InChI=1S/C8H11Cl2NO3/c1-4(2)5-3-14-8(13)11(5)7(12)6(9)10/h4-6H,3H2,1-2H3/t5-/m1/s1. The van der Waals surface area contributed by atoms with Gasteiger partial charge in [-0.25, -0.2) is 9.69 Å². The number of amides is 2. The van der Waals surface area contributed by atoms with E-state index in [2.05, 4.69) is 0 Å². The molecule has 4 nitrogen and oxygen atoms in total. The normalized spacial score (nSPS) is 22.0. The van der Waals surface area contributed by atoms with Crippen molar-refractivity contribution < 1.29 is 14.3 Å². The predicted octanol–water partition coefficient (Wildman–Crippen LogP) is 1.79. The Balaban J connectivity index is 2.82. The summed E-state index contributed by atoms with van der Waals surface area (Å²) < 4.78 is 4.76. The van der Waals surface area contributed by atoms with E-state index in [4.69, 9.17) is 27.9 Å². The van der Waals surface area contributed by atoms with Crippen LogP contribution in [0.4, 0.5) is 4.79 Å². The molecule has 0 radical (unpaired) electrons. The molecule has 0 unspecified atom stereocenters. The van der Waals surface area contributed by atoms with Gasteiger partial charge in [0.25, 0.3) is 5.91 Å². The van der Waals surface area contributed by atoms with Gasteiger partial charge in [0, 0.05) is 0 Å². The van der Waals surface area contributed by atoms with Crippen LogP contribution >= 0.6 is 23.2 Å². The number of hydrogen-bond donors (Lipinski definition) is 0. The van der Waals surface area contributed by atoms with Crippen LogP contribution in [-0.4, -0.2) is 34.4 Å². The minimum Gasteiger partial charge on any atom is -0.447 e. The van der Waals surface area contributed by atoms with E-state index in [1.165, 1.54) is 0 Å². The molecule has 0 N–H and O–H groups in total. The first-order valence-corrected chi connectivity index (χ1v) is 5.10. The Morgan fingerprint density at radius 2 is 2.14 bits per heavy atom. The molecule has 0 aromatic rings. The van der Waals surface area contributed by atoms with Gasteiger partial charge in [0.2, 0.25) is 0 Å². The minimum atomic E-state index is -1.22. The molecule has 1 fully saturated rings. The van der Waals surface area contributed by atoms with Crippen LogP contribution < -0.4 is 0 Å². The van der Waals surface area contributed by atoms with Crippen molar-refractivity contribution in [2.75, 3.05) is 6.61 Å². The van der Waals surface area contributed by atoms with Crippen LogP contribution in [0.1, 0.15) is 13.8 Å². The van der Waals surface area contributed by atoms with E-state index in [-0.39, 0.29) is 18.6 Å². The van der Waals surface area contributed by atoms with E-state index in [0.29, 0.717) is 0 Å². The van der Waals surface area contributed by atoms with Crippen LogP contribution in [-0.2, 0) is 9.53 Å². The monoisotopic (exact) mass is 239 g/mol. The fourth-order valence-corrected chi connectivity index (χ4v) is 1.50. The van der Waals surface area contributed by atoms with E-state index in [0.717, 1.165) is 4.90 Å². The smallest absolute Gasteiger partial charge is 0.417 e. The highest BCUT2D eigenvalue weighted by Crippen LogP contribution is 2.22. The van der Waals surface area contributed by atoms with Crippen molar-refractivity contribution in [1.82, 2.24) is 4.90 Å². The summed E-state index contributed by atoms with van der Waals surface area (Å²) in [5.41, 5.74) is 0. The van der Waals surface area contributed by atoms with Crippen LogP contribution in [0.25, 0.3) is 0 Å². The van der Waals surface area contributed by atoms with Crippen molar-refractivity contribution in [2.24, 2.45) is 5.92 Å². The zero-order chi connectivity index (χ0) is 10.9. The summed E-state index contributed by atoms with van der Waals surface area (Å²) in [6.45, 7) is 4.00. The second-order valence-electron chi connectivity index (χ2n) is 3.40. The summed E-state index contributed by atoms with van der Waals surface area (Å²) in [6.07, 6.45) is -0.667. The highest BCUT2D eigenvalue weighted by Gasteiger charge is 2.41. The fourth-order valence-electron chi connectivity index (χ4n) is 1.29. The fraction of sp³-hybridized carbons (Fsp3) is 0.750. The highest BCUT2D eigenvalue weighted by molar-refractivity contribution is 6.53. The molecule has 14 heavy (non-hydrogen) atoms.